The molecule has 0 unspecified atom stereocenters. The highest BCUT2D eigenvalue weighted by atomic mass is 32.2. The average Bonchev–Trinajstić information content (AvgIpc) is 0.808. The largest absolute Gasteiger partial charge is 0.390 e. The summed E-state index contributed by atoms with van der Waals surface area (Å²) in [5, 5.41) is 34.9. The highest BCUT2D eigenvalue weighted by Crippen LogP contribution is 2.27. The van der Waals surface area contributed by atoms with E-state index in [9.17, 15) is 29.4 Å². The van der Waals surface area contributed by atoms with E-state index in [1.165, 1.54) is 120 Å². The van der Waals surface area contributed by atoms with Gasteiger partial charge in [0.25, 0.3) is 0 Å². The van der Waals surface area contributed by atoms with Crippen molar-refractivity contribution in [3.05, 3.63) is 12.2 Å². The smallest absolute Gasteiger partial charge is 0.246 e. The summed E-state index contributed by atoms with van der Waals surface area (Å²) >= 11 is 1.44. The fourth-order valence-electron chi connectivity index (χ4n) is 12.7. The number of rotatable bonds is 21. The lowest BCUT2D eigenvalue weighted by Crippen LogP contribution is -2.64. The lowest BCUT2D eigenvalue weighted by atomic mass is 9.91. The third-order valence-electron chi connectivity index (χ3n) is 18.9. The van der Waals surface area contributed by atoms with Crippen molar-refractivity contribution in [1.29, 1.82) is 0 Å². The predicted molar refractivity (Wildman–Crippen MR) is 381 cm³/mol. The molecule has 2 fully saturated rings. The first kappa shape index (κ1) is 87.2. The molecule has 0 spiro atoms. The Balaban J connectivity index is 3.11. The van der Waals surface area contributed by atoms with Crippen molar-refractivity contribution in [3.63, 3.8) is 0 Å². The Bertz CT molecular complexity index is 2650. The number of aliphatic hydroxyl groups is 2. The molecule has 25 nitrogen and oxygen atoms in total. The fraction of sp³-hybridized carbons (Fsp3) is 0.817. The van der Waals surface area contributed by atoms with Crippen LogP contribution in [0.4, 0.5) is 0 Å². The molecule has 0 aromatic heterocycles. The molecule has 0 aromatic carbocycles. The van der Waals surface area contributed by atoms with E-state index in [2.05, 4.69) is 26.2 Å². The lowest BCUT2D eigenvalue weighted by molar-refractivity contribution is -0.157. The molecule has 26 heteroatoms. The van der Waals surface area contributed by atoms with Gasteiger partial charge >= 0.3 is 0 Å². The number of hydrogen-bond donors (Lipinski definition) is 6. The van der Waals surface area contributed by atoms with Crippen LogP contribution in [0.25, 0.3) is 0 Å². The average molecular weight is 1390 g/mol. The second-order valence-corrected chi connectivity index (χ2v) is 31.2. The quantitative estimate of drug-likeness (QED) is 0.0687. The van der Waals surface area contributed by atoms with Crippen LogP contribution in [-0.2, 0) is 52.7 Å². The second kappa shape index (κ2) is 40.4. The Morgan fingerprint density at radius 2 is 0.969 bits per heavy atom. The van der Waals surface area contributed by atoms with Gasteiger partial charge in [-0.25, -0.2) is 0 Å². The monoisotopic (exact) mass is 1390 g/mol. The van der Waals surface area contributed by atoms with Gasteiger partial charge in [0.2, 0.25) is 65.0 Å². The van der Waals surface area contributed by atoms with Gasteiger partial charge in [0, 0.05) is 61.5 Å². The number of aliphatic hydroxyl groups excluding tert-OH is 1. The number of nitrogens with zero attached hydrogens (tertiary/aromatic N) is 8. The molecular formula is C71H128N12O13S. The molecule has 2 heterocycles. The molecule has 11 amide bonds. The van der Waals surface area contributed by atoms with Gasteiger partial charge in [0.1, 0.15) is 66.5 Å². The number of hydrogen-bond acceptors (Lipinski definition) is 15. The van der Waals surface area contributed by atoms with Crippen molar-refractivity contribution in [3.8, 4) is 0 Å². The Hall–Kier alpha value is -5.86. The third kappa shape index (κ3) is 25.7. The van der Waals surface area contributed by atoms with Gasteiger partial charge in [-0.15, -0.1) is 0 Å². The zero-order valence-electron chi connectivity index (χ0n) is 63.5. The summed E-state index contributed by atoms with van der Waals surface area (Å²) in [6.07, 6.45) is 6.58. The van der Waals surface area contributed by atoms with Crippen molar-refractivity contribution in [2.24, 2.45) is 35.5 Å². The van der Waals surface area contributed by atoms with E-state index in [1.807, 2.05) is 47.6 Å². The molecule has 0 radical (unpaired) electrons. The van der Waals surface area contributed by atoms with E-state index in [0.29, 0.717) is 12.2 Å². The summed E-state index contributed by atoms with van der Waals surface area (Å²) in [6.45, 7) is 31.9. The first-order valence-corrected chi connectivity index (χ1v) is 36.5. The van der Waals surface area contributed by atoms with Crippen LogP contribution in [0.2, 0.25) is 0 Å². The standard InChI is InChI=1S/C71H128N12O13S/c1-25-27-32-47(13)59(84)58-63(88)74-50(26-2)65(90)80(22)55(41-97-36-31-35-83-33-29-28-30-34-83)68(93)79(21)54(40-71(16,17)96)62(87)75-56(45(9)10)69(94)76(18)51(37-42(3)4)61(86)72-48(14)60(85)73-49(15)64(89)77(19)52(38-43(5)6)66(91)78(20)53(39-44(7)8)67(92)81(23)57(46(11)12)70(95)82(58)24/h25,27,42-59,84,96H,26,28-41H2,1-24H3,(H,72,86)(H,73,85)(H,74,88)(H,75,87)/b27-25+/t47-,48+,49-,50+,51+,52+,53+,54+,55-,56+,57+,58+,59-/m1/s1. The Labute approximate surface area is 585 Å². The minimum absolute atomic E-state index is 0.0178. The molecule has 0 aromatic rings. The van der Waals surface area contributed by atoms with E-state index >= 15 is 33.6 Å². The van der Waals surface area contributed by atoms with Crippen LogP contribution in [0.3, 0.4) is 0 Å². The maximum Gasteiger partial charge on any atom is 0.246 e. The first-order chi connectivity index (χ1) is 45.0. The topological polar surface area (TPSA) is 302 Å². The van der Waals surface area contributed by atoms with Gasteiger partial charge in [-0.05, 0) is 147 Å². The molecule has 2 saturated heterocycles. The Morgan fingerprint density at radius 3 is 1.46 bits per heavy atom. The molecule has 0 saturated carbocycles. The number of carbonyl (C=O) groups is 11. The van der Waals surface area contributed by atoms with E-state index in [4.69, 9.17) is 0 Å². The third-order valence-corrected chi connectivity index (χ3v) is 20.0. The molecule has 2 aliphatic rings. The lowest BCUT2D eigenvalue weighted by Gasteiger charge is -2.41. The van der Waals surface area contributed by atoms with Crippen LogP contribution < -0.4 is 21.3 Å². The van der Waals surface area contributed by atoms with Gasteiger partial charge in [0.15, 0.2) is 0 Å². The molecule has 0 bridgehead atoms. The highest BCUT2D eigenvalue weighted by molar-refractivity contribution is 7.99. The summed E-state index contributed by atoms with van der Waals surface area (Å²) in [5.74, 6) is -9.52. The number of likely N-dealkylation sites (tertiary alicyclic amines) is 1. The van der Waals surface area contributed by atoms with Gasteiger partial charge in [0.05, 0.1) is 11.7 Å². The van der Waals surface area contributed by atoms with Crippen molar-refractivity contribution in [2.75, 3.05) is 80.5 Å². The second-order valence-electron chi connectivity index (χ2n) is 30.0. The number of thioether (sulfide) groups is 1. The number of nitrogens with one attached hydrogen (secondary N) is 4. The summed E-state index contributed by atoms with van der Waals surface area (Å²) in [7, 11) is 9.95. The predicted octanol–water partition coefficient (Wildman–Crippen LogP) is 4.36. The maximum absolute atomic E-state index is 15.5. The minimum atomic E-state index is -1.65. The van der Waals surface area contributed by atoms with Crippen molar-refractivity contribution < 1.29 is 63.0 Å². The molecule has 97 heavy (non-hydrogen) atoms. The molecule has 2 aliphatic heterocycles. The fourth-order valence-corrected chi connectivity index (χ4v) is 13.8. The maximum atomic E-state index is 15.5. The summed E-state index contributed by atoms with van der Waals surface area (Å²) in [4.78, 5) is 176. The van der Waals surface area contributed by atoms with Crippen molar-refractivity contribution >= 4 is 76.7 Å². The van der Waals surface area contributed by atoms with E-state index in [0.717, 1.165) is 48.7 Å². The van der Waals surface area contributed by atoms with Gasteiger partial charge < -0.3 is 70.7 Å². The van der Waals surface area contributed by atoms with Gasteiger partial charge in [-0.3, -0.25) is 52.7 Å². The SMILES string of the molecule is C/C=C/C[C@@H](C)[C@@H](O)[C@H]1C(=O)N[C@@H](CC)C(=O)N(C)[C@H](CSCCCN2CCCCC2)C(=O)N(C)[C@@H](CC(C)(C)O)C(=O)N[C@@H](C(C)C)C(=O)N(C)[C@@H](CC(C)C)C(=O)N[C@@H](C)C(=O)N[C@H](C)C(=O)N(C)[C@@H](CC(C)C)C(=O)N(C)[C@@H](CC(C)C)C(=O)N(C)[C@@H](C(C)C)C(=O)N1C. The van der Waals surface area contributed by atoms with Crippen molar-refractivity contribution in [2.45, 2.75) is 260 Å². The Kier molecular flexibility index (Phi) is 36.3. The number of likely N-dealkylation sites (N-methyl/N-ethyl adjacent to an activating group) is 7. The number of amides is 11. The number of piperidine rings is 1. The normalized spacial score (nSPS) is 27.1. The zero-order valence-corrected chi connectivity index (χ0v) is 64.3. The molecule has 13 atom stereocenters. The summed E-state index contributed by atoms with van der Waals surface area (Å²) in [5.41, 5.74) is -1.58. The van der Waals surface area contributed by atoms with E-state index in [-0.39, 0.29) is 55.6 Å². The number of allylic oxidation sites excluding steroid dienone is 2. The minimum Gasteiger partial charge on any atom is -0.390 e. The van der Waals surface area contributed by atoms with Crippen LogP contribution >= 0.6 is 11.8 Å². The van der Waals surface area contributed by atoms with Crippen LogP contribution in [0.5, 0.6) is 0 Å². The van der Waals surface area contributed by atoms with Crippen LogP contribution in [0.15, 0.2) is 12.2 Å². The summed E-state index contributed by atoms with van der Waals surface area (Å²) < 4.78 is 0. The van der Waals surface area contributed by atoms with Crippen LogP contribution in [0, 0.1) is 35.5 Å². The molecule has 2 rings (SSSR count). The van der Waals surface area contributed by atoms with E-state index < -0.39 is 161 Å². The first-order valence-electron chi connectivity index (χ1n) is 35.4. The molecular weight excluding hydrogens is 1260 g/mol. The number of carbonyl (C=O) groups excluding carboxylic acids is 11. The van der Waals surface area contributed by atoms with Crippen molar-refractivity contribution in [1.82, 2.24) is 60.5 Å². The summed E-state index contributed by atoms with van der Waals surface area (Å²) in [6, 6.07) is -14.3. The van der Waals surface area contributed by atoms with E-state index in [1.54, 1.807) is 54.5 Å². The van der Waals surface area contributed by atoms with Gasteiger partial charge in [-0.1, -0.05) is 102 Å². The van der Waals surface area contributed by atoms with Crippen LogP contribution in [0.1, 0.15) is 182 Å². The molecule has 556 valence electrons. The molecule has 6 N–H and O–H groups in total. The van der Waals surface area contributed by atoms with Gasteiger partial charge in [-0.2, -0.15) is 11.8 Å². The molecule has 0 aliphatic carbocycles. The zero-order chi connectivity index (χ0) is 74.4. The Morgan fingerprint density at radius 1 is 0.515 bits per heavy atom. The van der Waals surface area contributed by atoms with Crippen LogP contribution in [-0.4, -0.2) is 273 Å². The highest BCUT2D eigenvalue weighted by Gasteiger charge is 2.47.